The van der Waals surface area contributed by atoms with Crippen molar-refractivity contribution in [2.75, 3.05) is 0 Å². The van der Waals surface area contributed by atoms with E-state index in [9.17, 15) is 0 Å². The Hall–Kier alpha value is -1.66. The maximum atomic E-state index is 4.53. The highest BCUT2D eigenvalue weighted by atomic mass is 32.1. The number of aryl methyl sites for hydroxylation is 2. The highest BCUT2D eigenvalue weighted by molar-refractivity contribution is 7.15. The quantitative estimate of drug-likeness (QED) is 0.778. The Morgan fingerprint density at radius 1 is 1.39 bits per heavy atom. The van der Waals surface area contributed by atoms with Crippen molar-refractivity contribution in [3.63, 3.8) is 0 Å². The lowest BCUT2D eigenvalue weighted by Gasteiger charge is -2.03. The topological polar surface area (TPSA) is 47.1 Å². The third-order valence-electron chi connectivity index (χ3n) is 2.94. The molecule has 0 unspecified atom stereocenters. The maximum Gasteiger partial charge on any atom is 0.194 e. The molecule has 0 atom stereocenters. The van der Waals surface area contributed by atoms with E-state index in [1.165, 1.54) is 11.3 Å². The van der Waals surface area contributed by atoms with E-state index in [1.807, 2.05) is 24.1 Å². The van der Waals surface area contributed by atoms with Crippen molar-refractivity contribution in [3.8, 4) is 0 Å². The largest absolute Gasteiger partial charge is 0.307 e. The van der Waals surface area contributed by atoms with Crippen molar-refractivity contribution in [1.29, 1.82) is 0 Å². The number of nitrogens with one attached hydrogen (secondary N) is 1. The van der Waals surface area contributed by atoms with E-state index >= 15 is 0 Å². The zero-order valence-electron chi connectivity index (χ0n) is 10.4. The van der Waals surface area contributed by atoms with Gasteiger partial charge in [-0.3, -0.25) is 9.08 Å². The van der Waals surface area contributed by atoms with Crippen LogP contribution in [0, 0.1) is 6.92 Å². The summed E-state index contributed by atoms with van der Waals surface area (Å²) in [5, 5.41) is 9.64. The maximum absolute atomic E-state index is 4.53. The third kappa shape index (κ3) is 2.04. The first-order valence-electron chi connectivity index (χ1n) is 5.83. The molecule has 94 valence electrons. The number of imidazole rings is 1. The summed E-state index contributed by atoms with van der Waals surface area (Å²) in [5.74, 6) is 0. The monoisotopic (exact) mass is 261 g/mol. The van der Waals surface area contributed by atoms with E-state index in [1.54, 1.807) is 11.3 Å². The van der Waals surface area contributed by atoms with E-state index in [2.05, 4.69) is 38.3 Å². The molecular formula is C12H15N5S. The van der Waals surface area contributed by atoms with Gasteiger partial charge in [-0.05, 0) is 6.92 Å². The molecule has 3 rings (SSSR count). The fourth-order valence-electron chi connectivity index (χ4n) is 2.04. The molecule has 0 radical (unpaired) electrons. The number of hydrogen-bond acceptors (Lipinski definition) is 4. The SMILES string of the molecule is Cc1nc2sccn2c1CNCc1cnn(C)c1. The Morgan fingerprint density at radius 3 is 3.06 bits per heavy atom. The zero-order chi connectivity index (χ0) is 12.5. The van der Waals surface area contributed by atoms with Crippen LogP contribution in [0.2, 0.25) is 0 Å². The first-order valence-corrected chi connectivity index (χ1v) is 6.71. The van der Waals surface area contributed by atoms with Crippen molar-refractivity contribution in [3.05, 3.63) is 40.9 Å². The van der Waals surface area contributed by atoms with Gasteiger partial charge in [-0.15, -0.1) is 11.3 Å². The smallest absolute Gasteiger partial charge is 0.194 e. The predicted molar refractivity (Wildman–Crippen MR) is 71.6 cm³/mol. The predicted octanol–water partition coefficient (Wildman–Crippen LogP) is 1.73. The highest BCUT2D eigenvalue weighted by Crippen LogP contribution is 2.16. The van der Waals surface area contributed by atoms with Crippen LogP contribution in [-0.4, -0.2) is 19.2 Å². The number of rotatable bonds is 4. The molecule has 0 aromatic carbocycles. The van der Waals surface area contributed by atoms with Crippen LogP contribution >= 0.6 is 11.3 Å². The second kappa shape index (κ2) is 4.55. The lowest BCUT2D eigenvalue weighted by atomic mass is 10.3. The van der Waals surface area contributed by atoms with Gasteiger partial charge < -0.3 is 5.32 Å². The van der Waals surface area contributed by atoms with Gasteiger partial charge in [0, 0.05) is 43.5 Å². The molecule has 1 N–H and O–H groups in total. The first-order chi connectivity index (χ1) is 8.74. The average molecular weight is 261 g/mol. The van der Waals surface area contributed by atoms with Gasteiger partial charge in [0.2, 0.25) is 0 Å². The Bertz CT molecular complexity index is 663. The summed E-state index contributed by atoms with van der Waals surface area (Å²) < 4.78 is 3.97. The molecule has 3 aromatic rings. The van der Waals surface area contributed by atoms with Crippen molar-refractivity contribution in [2.45, 2.75) is 20.0 Å². The van der Waals surface area contributed by atoms with Gasteiger partial charge in [0.1, 0.15) is 0 Å². The van der Waals surface area contributed by atoms with E-state index in [4.69, 9.17) is 0 Å². The second-order valence-corrected chi connectivity index (χ2v) is 5.20. The van der Waals surface area contributed by atoms with Crippen LogP contribution in [0.1, 0.15) is 17.0 Å². The van der Waals surface area contributed by atoms with Gasteiger partial charge in [0.25, 0.3) is 0 Å². The Morgan fingerprint density at radius 2 is 2.28 bits per heavy atom. The van der Waals surface area contributed by atoms with Gasteiger partial charge in [0.15, 0.2) is 4.96 Å². The molecule has 3 aromatic heterocycles. The molecule has 0 fully saturated rings. The molecule has 0 saturated carbocycles. The van der Waals surface area contributed by atoms with Gasteiger partial charge in [-0.2, -0.15) is 5.10 Å². The minimum absolute atomic E-state index is 0.818. The second-order valence-electron chi connectivity index (χ2n) is 4.33. The number of nitrogens with zero attached hydrogens (tertiary/aromatic N) is 4. The van der Waals surface area contributed by atoms with Crippen molar-refractivity contribution in [2.24, 2.45) is 7.05 Å². The molecule has 0 saturated heterocycles. The van der Waals surface area contributed by atoms with Crippen LogP contribution in [0.5, 0.6) is 0 Å². The van der Waals surface area contributed by atoms with Crippen LogP contribution in [0.15, 0.2) is 24.0 Å². The highest BCUT2D eigenvalue weighted by Gasteiger charge is 2.08. The fraction of sp³-hybridized carbons (Fsp3) is 0.333. The van der Waals surface area contributed by atoms with Crippen molar-refractivity contribution in [1.82, 2.24) is 24.5 Å². The number of thiazole rings is 1. The zero-order valence-corrected chi connectivity index (χ0v) is 11.2. The fourth-order valence-corrected chi connectivity index (χ4v) is 2.82. The Balaban J connectivity index is 1.69. The van der Waals surface area contributed by atoms with E-state index < -0.39 is 0 Å². The minimum Gasteiger partial charge on any atom is -0.307 e. The summed E-state index contributed by atoms with van der Waals surface area (Å²) in [6.45, 7) is 3.70. The Labute approximate surface area is 109 Å². The summed E-state index contributed by atoms with van der Waals surface area (Å²) >= 11 is 1.67. The molecule has 0 aliphatic rings. The summed E-state index contributed by atoms with van der Waals surface area (Å²) in [6, 6.07) is 0. The number of fused-ring (bicyclic) bond motifs is 1. The molecule has 0 bridgehead atoms. The van der Waals surface area contributed by atoms with Gasteiger partial charge >= 0.3 is 0 Å². The molecule has 0 aliphatic carbocycles. The van der Waals surface area contributed by atoms with E-state index in [0.717, 1.165) is 23.7 Å². The van der Waals surface area contributed by atoms with Crippen molar-refractivity contribution >= 4 is 16.3 Å². The lowest BCUT2D eigenvalue weighted by molar-refractivity contribution is 0.671. The normalized spacial score (nSPS) is 11.4. The van der Waals surface area contributed by atoms with Crippen LogP contribution in [-0.2, 0) is 20.1 Å². The molecule has 5 nitrogen and oxygen atoms in total. The van der Waals surface area contributed by atoms with Crippen LogP contribution in [0.4, 0.5) is 0 Å². The lowest BCUT2D eigenvalue weighted by Crippen LogP contribution is -2.14. The standard InChI is InChI=1S/C12H15N5S/c1-9-11(17-3-4-18-12(17)15-9)7-13-5-10-6-14-16(2)8-10/h3-4,6,8,13H,5,7H2,1-2H3. The number of hydrogen-bond donors (Lipinski definition) is 1. The van der Waals surface area contributed by atoms with Crippen LogP contribution in [0.3, 0.4) is 0 Å². The number of aromatic nitrogens is 4. The molecule has 0 amide bonds. The molecule has 0 aliphatic heterocycles. The molecule has 6 heteroatoms. The van der Waals surface area contributed by atoms with Crippen LogP contribution < -0.4 is 5.32 Å². The molecule has 0 spiro atoms. The van der Waals surface area contributed by atoms with Crippen molar-refractivity contribution < 1.29 is 0 Å². The average Bonchev–Trinajstić information content (AvgIpc) is 2.99. The molecule has 3 heterocycles. The summed E-state index contributed by atoms with van der Waals surface area (Å²) in [4.78, 5) is 5.59. The molecular weight excluding hydrogens is 246 g/mol. The van der Waals surface area contributed by atoms with Gasteiger partial charge in [0.05, 0.1) is 17.6 Å². The Kier molecular flexibility index (Phi) is 2.89. The first kappa shape index (κ1) is 11.4. The summed E-state index contributed by atoms with van der Waals surface area (Å²) in [6.07, 6.45) is 5.98. The van der Waals surface area contributed by atoms with E-state index in [-0.39, 0.29) is 0 Å². The summed E-state index contributed by atoms with van der Waals surface area (Å²) in [5.41, 5.74) is 3.52. The van der Waals surface area contributed by atoms with Gasteiger partial charge in [-0.1, -0.05) is 0 Å². The molecule has 18 heavy (non-hydrogen) atoms. The minimum atomic E-state index is 0.818. The van der Waals surface area contributed by atoms with Gasteiger partial charge in [-0.25, -0.2) is 4.98 Å². The van der Waals surface area contributed by atoms with Crippen LogP contribution in [0.25, 0.3) is 4.96 Å². The third-order valence-corrected chi connectivity index (χ3v) is 3.70. The summed E-state index contributed by atoms with van der Waals surface area (Å²) in [7, 11) is 1.93. The van der Waals surface area contributed by atoms with E-state index in [0.29, 0.717) is 0 Å².